The monoisotopic (exact) mass is 440 g/mol. The Kier molecular flexibility index (Phi) is 12.3. The molecule has 4 nitrogen and oxygen atoms in total. The lowest BCUT2D eigenvalue weighted by Crippen LogP contribution is -2.17. The molecule has 4 heteroatoms. The highest BCUT2D eigenvalue weighted by Gasteiger charge is 2.08. The molecule has 176 valence electrons. The number of unbranched alkanes of at least 4 members (excludes halogenated alkanes) is 5. The third-order valence-electron chi connectivity index (χ3n) is 5.33. The van der Waals surface area contributed by atoms with Gasteiger partial charge in [0.05, 0.1) is 19.8 Å². The summed E-state index contributed by atoms with van der Waals surface area (Å²) in [6.45, 7) is 7.93. The van der Waals surface area contributed by atoms with Crippen molar-refractivity contribution in [3.8, 4) is 22.6 Å². The summed E-state index contributed by atoms with van der Waals surface area (Å²) < 4.78 is 17.0. The van der Waals surface area contributed by atoms with Gasteiger partial charge in [0.15, 0.2) is 0 Å². The Labute approximate surface area is 194 Å². The SMILES string of the molecule is CCCCCCCCOc1ccc(-c2ccc(OC[C@H](C)COC(=O)CCC)cc2)cc1. The molecular weight excluding hydrogens is 400 g/mol. The van der Waals surface area contributed by atoms with Crippen LogP contribution in [0.2, 0.25) is 0 Å². The van der Waals surface area contributed by atoms with Crippen molar-refractivity contribution in [2.75, 3.05) is 19.8 Å². The molecule has 1 atom stereocenters. The first-order chi connectivity index (χ1) is 15.6. The van der Waals surface area contributed by atoms with Crippen molar-refractivity contribution in [1.29, 1.82) is 0 Å². The van der Waals surface area contributed by atoms with Gasteiger partial charge in [0, 0.05) is 12.3 Å². The highest BCUT2D eigenvalue weighted by Crippen LogP contribution is 2.25. The van der Waals surface area contributed by atoms with E-state index < -0.39 is 0 Å². The quantitative estimate of drug-likeness (QED) is 0.201. The topological polar surface area (TPSA) is 44.8 Å². The molecule has 0 radical (unpaired) electrons. The molecule has 2 rings (SSSR count). The first-order valence-corrected chi connectivity index (χ1v) is 12.2. The lowest BCUT2D eigenvalue weighted by atomic mass is 10.1. The first-order valence-electron chi connectivity index (χ1n) is 12.2. The van der Waals surface area contributed by atoms with E-state index in [9.17, 15) is 4.79 Å². The summed E-state index contributed by atoms with van der Waals surface area (Å²) in [5.74, 6) is 1.76. The summed E-state index contributed by atoms with van der Waals surface area (Å²) in [5.41, 5.74) is 2.29. The Morgan fingerprint density at radius 1 is 0.719 bits per heavy atom. The molecule has 0 saturated heterocycles. The number of hydrogen-bond donors (Lipinski definition) is 0. The van der Waals surface area contributed by atoms with Crippen LogP contribution in [-0.4, -0.2) is 25.8 Å². The predicted octanol–water partition coefficient (Wildman–Crippen LogP) is 7.45. The molecule has 0 N–H and O–H groups in total. The number of carbonyl (C=O) groups excluding carboxylic acids is 1. The van der Waals surface area contributed by atoms with Gasteiger partial charge in [0.25, 0.3) is 0 Å². The minimum atomic E-state index is -0.137. The van der Waals surface area contributed by atoms with Gasteiger partial charge in [-0.25, -0.2) is 0 Å². The molecule has 2 aromatic carbocycles. The fraction of sp³-hybridized carbons (Fsp3) is 0.536. The number of carbonyl (C=O) groups is 1. The molecule has 0 aliphatic heterocycles. The molecule has 0 spiro atoms. The maximum atomic E-state index is 11.5. The molecule has 0 aliphatic carbocycles. The van der Waals surface area contributed by atoms with Gasteiger partial charge in [-0.2, -0.15) is 0 Å². The highest BCUT2D eigenvalue weighted by molar-refractivity contribution is 5.69. The van der Waals surface area contributed by atoms with Crippen LogP contribution in [0.4, 0.5) is 0 Å². The van der Waals surface area contributed by atoms with Crippen LogP contribution in [0.5, 0.6) is 11.5 Å². The lowest BCUT2D eigenvalue weighted by Gasteiger charge is -2.14. The summed E-state index contributed by atoms with van der Waals surface area (Å²) in [6, 6.07) is 16.4. The van der Waals surface area contributed by atoms with Gasteiger partial charge in [-0.15, -0.1) is 0 Å². The zero-order valence-corrected chi connectivity index (χ0v) is 20.1. The highest BCUT2D eigenvalue weighted by atomic mass is 16.5. The van der Waals surface area contributed by atoms with E-state index in [-0.39, 0.29) is 11.9 Å². The van der Waals surface area contributed by atoms with E-state index in [1.165, 1.54) is 32.1 Å². The molecule has 0 amide bonds. The van der Waals surface area contributed by atoms with Crippen LogP contribution in [0.25, 0.3) is 11.1 Å². The smallest absolute Gasteiger partial charge is 0.305 e. The van der Waals surface area contributed by atoms with Gasteiger partial charge in [0.2, 0.25) is 0 Å². The summed E-state index contributed by atoms with van der Waals surface area (Å²) >= 11 is 0. The number of benzene rings is 2. The van der Waals surface area contributed by atoms with E-state index in [0.717, 1.165) is 42.1 Å². The zero-order chi connectivity index (χ0) is 23.0. The normalized spacial score (nSPS) is 11.7. The van der Waals surface area contributed by atoms with Crippen LogP contribution in [0.15, 0.2) is 48.5 Å². The van der Waals surface area contributed by atoms with Crippen LogP contribution in [0.1, 0.15) is 72.1 Å². The van der Waals surface area contributed by atoms with Gasteiger partial charge in [-0.1, -0.05) is 77.1 Å². The van der Waals surface area contributed by atoms with Crippen LogP contribution >= 0.6 is 0 Å². The van der Waals surface area contributed by atoms with E-state index >= 15 is 0 Å². The Morgan fingerprint density at radius 2 is 1.28 bits per heavy atom. The average Bonchev–Trinajstić information content (AvgIpc) is 2.82. The lowest BCUT2D eigenvalue weighted by molar-refractivity contribution is -0.145. The van der Waals surface area contributed by atoms with Crippen molar-refractivity contribution in [3.63, 3.8) is 0 Å². The van der Waals surface area contributed by atoms with E-state index in [0.29, 0.717) is 19.6 Å². The zero-order valence-electron chi connectivity index (χ0n) is 20.1. The van der Waals surface area contributed by atoms with E-state index in [2.05, 4.69) is 31.2 Å². The van der Waals surface area contributed by atoms with Crippen molar-refractivity contribution in [1.82, 2.24) is 0 Å². The van der Waals surface area contributed by atoms with Crippen LogP contribution < -0.4 is 9.47 Å². The Morgan fingerprint density at radius 3 is 1.88 bits per heavy atom. The van der Waals surface area contributed by atoms with E-state index in [1.54, 1.807) is 0 Å². The number of hydrogen-bond acceptors (Lipinski definition) is 4. The van der Waals surface area contributed by atoms with Crippen LogP contribution in [-0.2, 0) is 9.53 Å². The van der Waals surface area contributed by atoms with Crippen molar-refractivity contribution in [2.24, 2.45) is 5.92 Å². The minimum absolute atomic E-state index is 0.137. The van der Waals surface area contributed by atoms with Gasteiger partial charge in [-0.3, -0.25) is 4.79 Å². The Hall–Kier alpha value is -2.49. The average molecular weight is 441 g/mol. The summed E-state index contributed by atoms with van der Waals surface area (Å²) in [4.78, 5) is 11.5. The molecule has 0 saturated carbocycles. The van der Waals surface area contributed by atoms with Crippen molar-refractivity contribution < 1.29 is 19.0 Å². The van der Waals surface area contributed by atoms with Gasteiger partial charge >= 0.3 is 5.97 Å². The Balaban J connectivity index is 1.71. The number of rotatable bonds is 16. The molecule has 32 heavy (non-hydrogen) atoms. The second-order valence-corrected chi connectivity index (χ2v) is 8.51. The van der Waals surface area contributed by atoms with E-state index in [4.69, 9.17) is 14.2 Å². The minimum Gasteiger partial charge on any atom is -0.494 e. The summed E-state index contributed by atoms with van der Waals surface area (Å²) in [6.07, 6.45) is 8.92. The van der Waals surface area contributed by atoms with E-state index in [1.807, 2.05) is 38.1 Å². The predicted molar refractivity (Wildman–Crippen MR) is 131 cm³/mol. The van der Waals surface area contributed by atoms with Crippen molar-refractivity contribution in [3.05, 3.63) is 48.5 Å². The molecular formula is C28H40O4. The van der Waals surface area contributed by atoms with Crippen LogP contribution in [0, 0.1) is 5.92 Å². The number of esters is 1. The fourth-order valence-electron chi connectivity index (χ4n) is 3.36. The molecule has 0 fully saturated rings. The van der Waals surface area contributed by atoms with Gasteiger partial charge in [0.1, 0.15) is 11.5 Å². The standard InChI is InChI=1S/C28H40O4/c1-4-6-7-8-9-10-20-30-26-16-12-24(13-17-26)25-14-18-27(19-15-25)31-21-23(3)22-32-28(29)11-5-2/h12-19,23H,4-11,20-22H2,1-3H3/t23-/m0/s1. The van der Waals surface area contributed by atoms with Crippen molar-refractivity contribution in [2.45, 2.75) is 72.1 Å². The molecule has 0 aliphatic rings. The molecule has 2 aromatic rings. The largest absolute Gasteiger partial charge is 0.494 e. The third kappa shape index (κ3) is 10.2. The Bertz CT molecular complexity index is 752. The summed E-state index contributed by atoms with van der Waals surface area (Å²) in [7, 11) is 0. The van der Waals surface area contributed by atoms with Crippen molar-refractivity contribution >= 4 is 5.97 Å². The molecule has 0 bridgehead atoms. The second-order valence-electron chi connectivity index (χ2n) is 8.51. The third-order valence-corrected chi connectivity index (χ3v) is 5.33. The first kappa shape index (κ1) is 25.8. The maximum absolute atomic E-state index is 11.5. The second kappa shape index (κ2) is 15.3. The fourth-order valence-corrected chi connectivity index (χ4v) is 3.36. The molecule has 0 aromatic heterocycles. The molecule has 0 heterocycles. The number of ether oxygens (including phenoxy) is 3. The van der Waals surface area contributed by atoms with Crippen LogP contribution in [0.3, 0.4) is 0 Å². The molecule has 0 unspecified atom stereocenters. The van der Waals surface area contributed by atoms with Gasteiger partial charge < -0.3 is 14.2 Å². The summed E-state index contributed by atoms with van der Waals surface area (Å²) in [5, 5.41) is 0. The maximum Gasteiger partial charge on any atom is 0.305 e. The van der Waals surface area contributed by atoms with Gasteiger partial charge in [-0.05, 0) is 48.2 Å².